The van der Waals surface area contributed by atoms with Crippen molar-refractivity contribution < 1.29 is 6.16 Å². The van der Waals surface area contributed by atoms with E-state index in [0.717, 1.165) is 45.8 Å². The normalized spacial score (nSPS) is 15.5. The monoisotopic (exact) mass is 391 g/mol. The van der Waals surface area contributed by atoms with Crippen molar-refractivity contribution in [3.05, 3.63) is 29.8 Å². The highest BCUT2D eigenvalue weighted by Gasteiger charge is 2.18. The van der Waals surface area contributed by atoms with Crippen molar-refractivity contribution in [1.29, 1.82) is 0 Å². The number of unbranched alkanes of at least 4 members (excludes halogenated alkanes) is 4. The summed E-state index contributed by atoms with van der Waals surface area (Å²) in [7, 11) is 0. The van der Waals surface area contributed by atoms with Crippen molar-refractivity contribution >= 4 is 5.69 Å². The number of nitrogens with one attached hydrogen (secondary N) is 1. The van der Waals surface area contributed by atoms with Crippen molar-refractivity contribution in [2.75, 3.05) is 50.8 Å². The summed E-state index contributed by atoms with van der Waals surface area (Å²) in [5.41, 5.74) is 2.74. The Balaban J connectivity index is 0.00000420. The highest BCUT2D eigenvalue weighted by atomic mass is 16.5. The fourth-order valence-electron chi connectivity index (χ4n) is 3.74. The van der Waals surface area contributed by atoms with Gasteiger partial charge in [-0.1, -0.05) is 38.3 Å². The predicted molar refractivity (Wildman–Crippen MR) is 123 cm³/mol. The van der Waals surface area contributed by atoms with E-state index in [9.17, 15) is 0 Å². The van der Waals surface area contributed by atoms with Gasteiger partial charge < -0.3 is 15.0 Å². The van der Waals surface area contributed by atoms with Gasteiger partial charge in [-0.05, 0) is 57.4 Å². The van der Waals surface area contributed by atoms with Gasteiger partial charge in [-0.25, -0.2) is 0 Å². The summed E-state index contributed by atoms with van der Waals surface area (Å²) in [6.07, 6.45) is 7.50. The van der Waals surface area contributed by atoms with E-state index in [1.165, 1.54) is 56.4 Å². The molecule has 1 heterocycles. The van der Waals surface area contributed by atoms with Gasteiger partial charge in [0.2, 0.25) is 0 Å². The Kier molecular flexibility index (Phi) is 11.6. The number of hydrogen-bond acceptors (Lipinski definition) is 4. The summed E-state index contributed by atoms with van der Waals surface area (Å²) in [5, 5.41) is 3.56. The molecule has 0 spiro atoms. The van der Waals surface area contributed by atoms with Gasteiger partial charge in [0, 0.05) is 59.1 Å². The lowest BCUT2D eigenvalue weighted by Gasteiger charge is -2.38. The number of nitrogens with zero attached hydrogens (tertiary/aromatic N) is 2. The molecule has 1 aliphatic rings. The van der Waals surface area contributed by atoms with Gasteiger partial charge in [0.25, 0.3) is 0 Å². The Hall–Kier alpha value is -1.10. The molecule has 1 N–H and O–H groups in total. The smallest absolute Gasteiger partial charge is 0.0466 e. The predicted octanol–water partition coefficient (Wildman–Crippen LogP) is 4.93. The SMILES string of the molecule is CCCCCCOCCCCNCc1ccc(N2CCN(C(C)C)CC2)cc1.[HH]. The Bertz CT molecular complexity index is 501. The highest BCUT2D eigenvalue weighted by molar-refractivity contribution is 5.48. The van der Waals surface area contributed by atoms with E-state index in [0.29, 0.717) is 6.04 Å². The Morgan fingerprint density at radius 3 is 2.25 bits per heavy atom. The van der Waals surface area contributed by atoms with E-state index in [1.807, 2.05) is 0 Å². The average Bonchev–Trinajstić information content (AvgIpc) is 2.72. The molecule has 4 heteroatoms. The summed E-state index contributed by atoms with van der Waals surface area (Å²) in [6.45, 7) is 15.3. The van der Waals surface area contributed by atoms with Crippen molar-refractivity contribution in [2.45, 2.75) is 71.9 Å². The molecule has 1 saturated heterocycles. The fourth-order valence-corrected chi connectivity index (χ4v) is 3.74. The number of rotatable bonds is 14. The molecule has 1 aromatic rings. The summed E-state index contributed by atoms with van der Waals surface area (Å²) in [5.74, 6) is 0. The average molecular weight is 392 g/mol. The van der Waals surface area contributed by atoms with Crippen LogP contribution in [-0.4, -0.2) is 56.9 Å². The minimum Gasteiger partial charge on any atom is -0.381 e. The lowest BCUT2D eigenvalue weighted by atomic mass is 10.1. The van der Waals surface area contributed by atoms with E-state index in [-0.39, 0.29) is 1.43 Å². The van der Waals surface area contributed by atoms with Crippen LogP contribution in [0, 0.1) is 0 Å². The van der Waals surface area contributed by atoms with Gasteiger partial charge in [-0.3, -0.25) is 4.90 Å². The lowest BCUT2D eigenvalue weighted by Crippen LogP contribution is -2.48. The maximum absolute atomic E-state index is 5.70. The molecule has 28 heavy (non-hydrogen) atoms. The fraction of sp³-hybridized carbons (Fsp3) is 0.750. The van der Waals surface area contributed by atoms with Crippen LogP contribution >= 0.6 is 0 Å². The Morgan fingerprint density at radius 1 is 0.929 bits per heavy atom. The number of hydrogen-bond donors (Lipinski definition) is 1. The van der Waals surface area contributed by atoms with Crippen molar-refractivity contribution in [2.24, 2.45) is 0 Å². The van der Waals surface area contributed by atoms with Gasteiger partial charge in [0.05, 0.1) is 0 Å². The number of ether oxygens (including phenoxy) is 1. The zero-order valence-corrected chi connectivity index (χ0v) is 18.6. The minimum absolute atomic E-state index is 0. The standard InChI is InChI=1S/C24H43N3O.H2/c1-4-5-6-8-19-28-20-9-7-14-25-21-23-10-12-24(13-11-23)27-17-15-26(16-18-27)22(2)3;/h10-13,22,25H,4-9,14-21H2,1-3H3;1H. The number of benzene rings is 1. The number of piperazine rings is 1. The van der Waals surface area contributed by atoms with Crippen LogP contribution in [0.4, 0.5) is 5.69 Å². The van der Waals surface area contributed by atoms with E-state index >= 15 is 0 Å². The zero-order valence-electron chi connectivity index (χ0n) is 18.6. The molecule has 0 aromatic heterocycles. The largest absolute Gasteiger partial charge is 0.381 e. The molecular formula is C24H45N3O. The first kappa shape index (κ1) is 23.2. The first-order chi connectivity index (χ1) is 13.7. The van der Waals surface area contributed by atoms with Crippen molar-refractivity contribution in [3.8, 4) is 0 Å². The first-order valence-corrected chi connectivity index (χ1v) is 11.6. The van der Waals surface area contributed by atoms with Gasteiger partial charge in [-0.2, -0.15) is 0 Å². The van der Waals surface area contributed by atoms with E-state index in [2.05, 4.69) is 60.2 Å². The lowest BCUT2D eigenvalue weighted by molar-refractivity contribution is 0.126. The van der Waals surface area contributed by atoms with Crippen LogP contribution in [0.2, 0.25) is 0 Å². The molecule has 1 aliphatic heterocycles. The maximum atomic E-state index is 5.70. The maximum Gasteiger partial charge on any atom is 0.0466 e. The van der Waals surface area contributed by atoms with Crippen molar-refractivity contribution in [1.82, 2.24) is 10.2 Å². The van der Waals surface area contributed by atoms with E-state index in [4.69, 9.17) is 4.74 Å². The van der Waals surface area contributed by atoms with E-state index < -0.39 is 0 Å². The van der Waals surface area contributed by atoms with Crippen LogP contribution in [-0.2, 0) is 11.3 Å². The second-order valence-electron chi connectivity index (χ2n) is 8.34. The second-order valence-corrected chi connectivity index (χ2v) is 8.34. The zero-order chi connectivity index (χ0) is 20.0. The molecule has 0 unspecified atom stereocenters. The molecular weight excluding hydrogens is 346 g/mol. The quantitative estimate of drug-likeness (QED) is 0.455. The van der Waals surface area contributed by atoms with Crippen LogP contribution in [0.1, 0.15) is 66.3 Å². The topological polar surface area (TPSA) is 27.7 Å². The molecule has 4 nitrogen and oxygen atoms in total. The third-order valence-electron chi connectivity index (χ3n) is 5.71. The number of anilines is 1. The first-order valence-electron chi connectivity index (χ1n) is 11.6. The summed E-state index contributed by atoms with van der Waals surface area (Å²) < 4.78 is 5.70. The molecule has 0 atom stereocenters. The second kappa shape index (κ2) is 14.0. The Morgan fingerprint density at radius 2 is 1.61 bits per heavy atom. The minimum atomic E-state index is 0. The molecule has 0 radical (unpaired) electrons. The van der Waals surface area contributed by atoms with Gasteiger partial charge in [-0.15, -0.1) is 0 Å². The molecule has 0 aliphatic carbocycles. The molecule has 2 rings (SSSR count). The van der Waals surface area contributed by atoms with Crippen LogP contribution in [0.5, 0.6) is 0 Å². The molecule has 0 saturated carbocycles. The van der Waals surface area contributed by atoms with Crippen LogP contribution in [0.3, 0.4) is 0 Å². The van der Waals surface area contributed by atoms with Gasteiger partial charge in [0.15, 0.2) is 0 Å². The summed E-state index contributed by atoms with van der Waals surface area (Å²) in [6, 6.07) is 9.78. The van der Waals surface area contributed by atoms with Gasteiger partial charge >= 0.3 is 0 Å². The highest BCUT2D eigenvalue weighted by Crippen LogP contribution is 2.18. The Labute approximate surface area is 175 Å². The van der Waals surface area contributed by atoms with Crippen LogP contribution in [0.25, 0.3) is 0 Å². The van der Waals surface area contributed by atoms with Crippen LogP contribution in [0.15, 0.2) is 24.3 Å². The molecule has 0 bridgehead atoms. The molecule has 1 fully saturated rings. The molecule has 162 valence electrons. The summed E-state index contributed by atoms with van der Waals surface area (Å²) in [4.78, 5) is 5.07. The third kappa shape index (κ3) is 8.93. The molecule has 1 aromatic carbocycles. The molecule has 0 amide bonds. The van der Waals surface area contributed by atoms with E-state index in [1.54, 1.807) is 0 Å². The third-order valence-corrected chi connectivity index (χ3v) is 5.71. The van der Waals surface area contributed by atoms with Gasteiger partial charge in [0.1, 0.15) is 0 Å². The van der Waals surface area contributed by atoms with Crippen molar-refractivity contribution in [3.63, 3.8) is 0 Å². The summed E-state index contributed by atoms with van der Waals surface area (Å²) >= 11 is 0. The van der Waals surface area contributed by atoms with Crippen LogP contribution < -0.4 is 10.2 Å².